The number of halogens is 1. The van der Waals surface area contributed by atoms with Crippen molar-refractivity contribution in [3.05, 3.63) is 48.4 Å². The van der Waals surface area contributed by atoms with Crippen LogP contribution in [0.25, 0.3) is 0 Å². The van der Waals surface area contributed by atoms with E-state index in [1.807, 2.05) is 0 Å². The first-order valence-corrected chi connectivity index (χ1v) is 11.5. The molecule has 2 heterocycles. The van der Waals surface area contributed by atoms with E-state index < -0.39 is 33.9 Å². The van der Waals surface area contributed by atoms with Crippen LogP contribution in [0.5, 0.6) is 11.6 Å². The maximum absolute atomic E-state index is 13.2. The van der Waals surface area contributed by atoms with Gasteiger partial charge in [-0.2, -0.15) is 4.31 Å². The molecule has 0 aliphatic carbocycles. The van der Waals surface area contributed by atoms with E-state index in [-0.39, 0.29) is 43.6 Å². The molecule has 0 unspecified atom stereocenters. The van der Waals surface area contributed by atoms with Crippen LogP contribution in [-0.2, 0) is 24.3 Å². The van der Waals surface area contributed by atoms with Gasteiger partial charge in [-0.3, -0.25) is 10.0 Å². The lowest BCUT2D eigenvalue weighted by Gasteiger charge is -2.38. The molecule has 0 spiro atoms. The van der Waals surface area contributed by atoms with Gasteiger partial charge in [-0.25, -0.2) is 28.1 Å². The van der Waals surface area contributed by atoms with Gasteiger partial charge >= 0.3 is 6.09 Å². The molecule has 1 aliphatic heterocycles. The summed E-state index contributed by atoms with van der Waals surface area (Å²) in [6.45, 7) is -0.444. The average Bonchev–Trinajstić information content (AvgIpc) is 2.85. The number of methoxy groups -OCH3 is 1. The van der Waals surface area contributed by atoms with Crippen molar-refractivity contribution < 1.29 is 41.8 Å². The summed E-state index contributed by atoms with van der Waals surface area (Å²) in [6.07, 6.45) is 0.307. The lowest BCUT2D eigenvalue weighted by atomic mass is 10.2. The number of pyridine rings is 1. The van der Waals surface area contributed by atoms with E-state index >= 15 is 0 Å². The molecule has 1 aromatic carbocycles. The summed E-state index contributed by atoms with van der Waals surface area (Å²) in [5.74, 6) is -1.08. The molecule has 1 aliphatic rings. The minimum absolute atomic E-state index is 0.0112. The second-order valence-corrected chi connectivity index (χ2v) is 8.94. The van der Waals surface area contributed by atoms with Gasteiger partial charge in [0.15, 0.2) is 0 Å². The monoisotopic (exact) mass is 498 g/mol. The molecule has 0 saturated carbocycles. The molecule has 0 radical (unpaired) electrons. The number of piperazine rings is 1. The first-order chi connectivity index (χ1) is 16.3. The number of hydrogen-bond donors (Lipinski definition) is 2. The SMILES string of the molecule is COCCOC(=O)N1CCN(S(=O)(=O)c2ccc(Oc3ccc(F)cc3)nc2)[C@H](C(=O)NO)C1. The zero-order valence-corrected chi connectivity index (χ0v) is 18.9. The number of nitrogens with one attached hydrogen (secondary N) is 1. The van der Waals surface area contributed by atoms with Crippen LogP contribution in [0.1, 0.15) is 0 Å². The number of benzene rings is 1. The van der Waals surface area contributed by atoms with Crippen molar-refractivity contribution in [2.75, 3.05) is 40.0 Å². The summed E-state index contributed by atoms with van der Waals surface area (Å²) in [5, 5.41) is 9.11. The number of amides is 2. The van der Waals surface area contributed by atoms with Gasteiger partial charge in [0.25, 0.3) is 5.91 Å². The highest BCUT2D eigenvalue weighted by Crippen LogP contribution is 2.25. The predicted molar refractivity (Wildman–Crippen MR) is 113 cm³/mol. The number of ether oxygens (including phenoxy) is 3. The Bertz CT molecular complexity index is 1100. The number of sulfonamides is 1. The Hall–Kier alpha value is -3.33. The third-order valence-corrected chi connectivity index (χ3v) is 6.76. The highest BCUT2D eigenvalue weighted by Gasteiger charge is 2.42. The van der Waals surface area contributed by atoms with Crippen LogP contribution in [0.15, 0.2) is 47.5 Å². The molecule has 1 fully saturated rings. The number of aromatic nitrogens is 1. The number of nitrogens with zero attached hydrogens (tertiary/aromatic N) is 3. The van der Waals surface area contributed by atoms with E-state index in [0.29, 0.717) is 5.75 Å². The zero-order valence-electron chi connectivity index (χ0n) is 18.1. The average molecular weight is 498 g/mol. The molecule has 0 bridgehead atoms. The molecule has 12 nitrogen and oxygen atoms in total. The lowest BCUT2D eigenvalue weighted by Crippen LogP contribution is -2.61. The molecule has 1 saturated heterocycles. The topological polar surface area (TPSA) is 148 Å². The Morgan fingerprint density at radius 3 is 2.53 bits per heavy atom. The Balaban J connectivity index is 1.75. The summed E-state index contributed by atoms with van der Waals surface area (Å²) in [5.41, 5.74) is 1.43. The Morgan fingerprint density at radius 2 is 1.91 bits per heavy atom. The minimum atomic E-state index is -4.24. The van der Waals surface area contributed by atoms with Gasteiger partial charge in [-0.15, -0.1) is 0 Å². The number of carbonyl (C=O) groups excluding carboxylic acids is 2. The van der Waals surface area contributed by atoms with Gasteiger partial charge in [-0.1, -0.05) is 0 Å². The van der Waals surface area contributed by atoms with Crippen LogP contribution in [0.4, 0.5) is 9.18 Å². The van der Waals surface area contributed by atoms with Crippen LogP contribution < -0.4 is 10.2 Å². The quantitative estimate of drug-likeness (QED) is 0.309. The molecule has 34 heavy (non-hydrogen) atoms. The predicted octanol–water partition coefficient (Wildman–Crippen LogP) is 0.976. The highest BCUT2D eigenvalue weighted by atomic mass is 32.2. The van der Waals surface area contributed by atoms with Gasteiger partial charge in [0.1, 0.15) is 29.1 Å². The van der Waals surface area contributed by atoms with E-state index in [0.717, 1.165) is 10.5 Å². The van der Waals surface area contributed by atoms with Crippen molar-refractivity contribution >= 4 is 22.0 Å². The van der Waals surface area contributed by atoms with Crippen LogP contribution in [-0.4, -0.2) is 85.8 Å². The van der Waals surface area contributed by atoms with Crippen molar-refractivity contribution in [1.82, 2.24) is 19.7 Å². The van der Waals surface area contributed by atoms with Gasteiger partial charge < -0.3 is 19.1 Å². The number of hydroxylamine groups is 1. The normalized spacial score (nSPS) is 16.7. The molecule has 2 amide bonds. The standard InChI is InChI=1S/C20H23FN4O8S/c1-31-10-11-32-20(27)24-8-9-25(17(13-24)19(26)23-28)34(29,30)16-6-7-18(22-12-16)33-15-4-2-14(21)3-5-15/h2-7,12,17,28H,8-11,13H2,1H3,(H,23,26)/t17-/m0/s1. The second-order valence-electron chi connectivity index (χ2n) is 7.05. The summed E-state index contributed by atoms with van der Waals surface area (Å²) < 4.78 is 55.6. The Labute approximate surface area is 194 Å². The van der Waals surface area contributed by atoms with Crippen molar-refractivity contribution in [1.29, 1.82) is 0 Å². The van der Waals surface area contributed by atoms with E-state index in [1.54, 1.807) is 0 Å². The Morgan fingerprint density at radius 1 is 1.18 bits per heavy atom. The summed E-state index contributed by atoms with van der Waals surface area (Å²) in [6, 6.07) is 6.32. The third kappa shape index (κ3) is 5.96. The first kappa shape index (κ1) is 25.3. The molecular formula is C20H23FN4O8S. The van der Waals surface area contributed by atoms with Crippen molar-refractivity contribution in [3.63, 3.8) is 0 Å². The largest absolute Gasteiger partial charge is 0.447 e. The smallest absolute Gasteiger partial charge is 0.409 e. The molecule has 184 valence electrons. The van der Waals surface area contributed by atoms with E-state index in [2.05, 4.69) is 4.98 Å². The first-order valence-electron chi connectivity index (χ1n) is 10.0. The number of rotatable bonds is 8. The number of carbonyl (C=O) groups is 2. The fourth-order valence-electron chi connectivity index (χ4n) is 3.15. The van der Waals surface area contributed by atoms with Crippen LogP contribution >= 0.6 is 0 Å². The Kier molecular flexibility index (Phi) is 8.33. The van der Waals surface area contributed by atoms with Crippen LogP contribution in [0.2, 0.25) is 0 Å². The fourth-order valence-corrected chi connectivity index (χ4v) is 4.67. The zero-order chi connectivity index (χ0) is 24.7. The third-order valence-electron chi connectivity index (χ3n) is 4.87. The fraction of sp³-hybridized carbons (Fsp3) is 0.350. The summed E-state index contributed by atoms with van der Waals surface area (Å²) in [4.78, 5) is 29.3. The minimum Gasteiger partial charge on any atom is -0.447 e. The summed E-state index contributed by atoms with van der Waals surface area (Å²) in [7, 11) is -2.80. The molecular weight excluding hydrogens is 475 g/mol. The summed E-state index contributed by atoms with van der Waals surface area (Å²) >= 11 is 0. The van der Waals surface area contributed by atoms with Crippen molar-refractivity contribution in [2.45, 2.75) is 10.9 Å². The van der Waals surface area contributed by atoms with Gasteiger partial charge in [-0.05, 0) is 30.3 Å². The van der Waals surface area contributed by atoms with E-state index in [9.17, 15) is 22.4 Å². The van der Waals surface area contributed by atoms with E-state index in [4.69, 9.17) is 19.4 Å². The molecule has 1 aromatic heterocycles. The van der Waals surface area contributed by atoms with Crippen molar-refractivity contribution in [3.8, 4) is 11.6 Å². The molecule has 1 atom stereocenters. The van der Waals surface area contributed by atoms with Gasteiger partial charge in [0.05, 0.1) is 12.8 Å². The van der Waals surface area contributed by atoms with Gasteiger partial charge in [0, 0.05) is 32.8 Å². The van der Waals surface area contributed by atoms with Crippen LogP contribution in [0.3, 0.4) is 0 Å². The molecule has 2 aromatic rings. The van der Waals surface area contributed by atoms with E-state index in [1.165, 1.54) is 53.9 Å². The molecule has 2 N–H and O–H groups in total. The van der Waals surface area contributed by atoms with Gasteiger partial charge in [0.2, 0.25) is 15.9 Å². The molecule has 14 heteroatoms. The molecule has 3 rings (SSSR count). The van der Waals surface area contributed by atoms with Crippen LogP contribution in [0, 0.1) is 5.82 Å². The highest BCUT2D eigenvalue weighted by molar-refractivity contribution is 7.89. The maximum atomic E-state index is 13.2. The van der Waals surface area contributed by atoms with Crippen molar-refractivity contribution in [2.24, 2.45) is 0 Å². The number of hydrogen-bond acceptors (Lipinski definition) is 9. The lowest BCUT2D eigenvalue weighted by molar-refractivity contribution is -0.134. The second kappa shape index (κ2) is 11.2. The maximum Gasteiger partial charge on any atom is 0.409 e.